The molecule has 0 amide bonds. The van der Waals surface area contributed by atoms with Gasteiger partial charge >= 0.3 is 0 Å². The van der Waals surface area contributed by atoms with E-state index < -0.39 is 0 Å². The van der Waals surface area contributed by atoms with Crippen molar-refractivity contribution in [1.82, 2.24) is 0 Å². The number of allylic oxidation sites excluding steroid dienone is 2. The monoisotopic (exact) mass is 168 g/mol. The number of ether oxygens (including phenoxy) is 1. The van der Waals surface area contributed by atoms with Gasteiger partial charge in [-0.2, -0.15) is 0 Å². The fraction of sp³-hybridized carbons (Fsp3) is 0.700. The fourth-order valence-electron chi connectivity index (χ4n) is 1.33. The number of rotatable bonds is 1. The summed E-state index contributed by atoms with van der Waals surface area (Å²) >= 11 is 0. The normalized spacial score (nSPS) is 25.4. The third-order valence-corrected chi connectivity index (χ3v) is 3.11. The van der Waals surface area contributed by atoms with Crippen LogP contribution in [-0.2, 0) is 9.53 Å². The maximum absolute atomic E-state index is 11.7. The van der Waals surface area contributed by atoms with Gasteiger partial charge in [-0.3, -0.25) is 4.79 Å². The summed E-state index contributed by atoms with van der Waals surface area (Å²) in [6.45, 7) is 8.02. The zero-order chi connectivity index (χ0) is 9.57. The summed E-state index contributed by atoms with van der Waals surface area (Å²) in [5, 5.41) is 0. The largest absolute Gasteiger partial charge is 0.493 e. The third kappa shape index (κ3) is 0.977. The highest BCUT2D eigenvalue weighted by Gasteiger charge is 2.49. The first-order chi connectivity index (χ1) is 5.33. The molecule has 2 heteroatoms. The minimum Gasteiger partial charge on any atom is -0.493 e. The van der Waals surface area contributed by atoms with Gasteiger partial charge in [0, 0.05) is 5.41 Å². The van der Waals surface area contributed by atoms with Crippen molar-refractivity contribution in [2.24, 2.45) is 10.8 Å². The summed E-state index contributed by atoms with van der Waals surface area (Å²) in [6.07, 6.45) is 1.91. The Morgan fingerprint density at radius 3 is 1.92 bits per heavy atom. The van der Waals surface area contributed by atoms with Crippen LogP contribution in [0.2, 0.25) is 0 Å². The zero-order valence-electron chi connectivity index (χ0n) is 8.39. The van der Waals surface area contributed by atoms with Crippen LogP contribution in [0.5, 0.6) is 0 Å². The first-order valence-corrected chi connectivity index (χ1v) is 4.14. The molecule has 12 heavy (non-hydrogen) atoms. The Bertz CT molecular complexity index is 247. The van der Waals surface area contributed by atoms with Gasteiger partial charge in [0.15, 0.2) is 5.76 Å². The number of hydrogen-bond acceptors (Lipinski definition) is 2. The van der Waals surface area contributed by atoms with Crippen LogP contribution in [-0.4, -0.2) is 12.9 Å². The lowest BCUT2D eigenvalue weighted by Gasteiger charge is -2.31. The minimum atomic E-state index is -0.335. The van der Waals surface area contributed by atoms with Crippen LogP contribution in [0.3, 0.4) is 0 Å². The fourth-order valence-corrected chi connectivity index (χ4v) is 1.33. The Morgan fingerprint density at radius 2 is 1.75 bits per heavy atom. The lowest BCUT2D eigenvalue weighted by atomic mass is 9.70. The number of methoxy groups -OCH3 is 1. The molecule has 0 fully saturated rings. The first kappa shape index (κ1) is 9.30. The second-order valence-electron chi connectivity index (χ2n) is 4.39. The van der Waals surface area contributed by atoms with Gasteiger partial charge in [0.05, 0.1) is 7.11 Å². The van der Waals surface area contributed by atoms with E-state index >= 15 is 0 Å². The van der Waals surface area contributed by atoms with E-state index in [9.17, 15) is 4.79 Å². The molecular formula is C10H16O2. The Labute approximate surface area is 73.6 Å². The molecule has 0 unspecified atom stereocenters. The number of Topliss-reactive ketones (excluding diaryl/α,β-unsaturated/α-hetero) is 1. The van der Waals surface area contributed by atoms with Gasteiger partial charge < -0.3 is 4.74 Å². The highest BCUT2D eigenvalue weighted by atomic mass is 16.5. The van der Waals surface area contributed by atoms with Crippen LogP contribution in [0, 0.1) is 10.8 Å². The Hall–Kier alpha value is -0.790. The quantitative estimate of drug-likeness (QED) is 0.599. The number of ketones is 1. The SMILES string of the molecule is COC1=CC(C)(C)C(C)(C)C1=O. The van der Waals surface area contributed by atoms with Crippen molar-refractivity contribution in [3.05, 3.63) is 11.8 Å². The first-order valence-electron chi connectivity index (χ1n) is 4.14. The molecule has 0 aromatic rings. The summed E-state index contributed by atoms with van der Waals surface area (Å²) in [7, 11) is 1.54. The van der Waals surface area contributed by atoms with Crippen LogP contribution >= 0.6 is 0 Å². The van der Waals surface area contributed by atoms with Crippen molar-refractivity contribution in [2.45, 2.75) is 27.7 Å². The minimum absolute atomic E-state index is 0.102. The molecule has 0 aliphatic heterocycles. The van der Waals surface area contributed by atoms with Crippen LogP contribution in [0.15, 0.2) is 11.8 Å². The molecule has 0 N–H and O–H groups in total. The molecule has 0 bridgehead atoms. The molecule has 2 nitrogen and oxygen atoms in total. The van der Waals surface area contributed by atoms with Crippen LogP contribution in [0.1, 0.15) is 27.7 Å². The van der Waals surface area contributed by atoms with Gasteiger partial charge in [0.25, 0.3) is 0 Å². The second kappa shape index (κ2) is 2.35. The van der Waals surface area contributed by atoms with E-state index in [1.807, 2.05) is 19.9 Å². The summed E-state index contributed by atoms with van der Waals surface area (Å²) in [5.74, 6) is 0.611. The van der Waals surface area contributed by atoms with Crippen molar-refractivity contribution in [2.75, 3.05) is 7.11 Å². The summed E-state index contributed by atoms with van der Waals surface area (Å²) in [6, 6.07) is 0. The molecule has 0 saturated carbocycles. The molecular weight excluding hydrogens is 152 g/mol. The van der Waals surface area contributed by atoms with Crippen molar-refractivity contribution in [3.63, 3.8) is 0 Å². The molecule has 1 aliphatic carbocycles. The number of carbonyl (C=O) groups excluding carboxylic acids is 1. The smallest absolute Gasteiger partial charge is 0.203 e. The molecule has 0 aromatic heterocycles. The van der Waals surface area contributed by atoms with E-state index in [2.05, 4.69) is 13.8 Å². The van der Waals surface area contributed by atoms with E-state index in [4.69, 9.17) is 4.74 Å². The molecule has 0 spiro atoms. The van der Waals surface area contributed by atoms with Crippen molar-refractivity contribution < 1.29 is 9.53 Å². The maximum atomic E-state index is 11.7. The predicted octanol–water partition coefficient (Wildman–Crippen LogP) is 2.15. The lowest BCUT2D eigenvalue weighted by Crippen LogP contribution is -2.33. The average Bonchev–Trinajstić information content (AvgIpc) is 2.11. The summed E-state index contributed by atoms with van der Waals surface area (Å²) in [5.41, 5.74) is -0.437. The van der Waals surface area contributed by atoms with E-state index in [-0.39, 0.29) is 16.6 Å². The van der Waals surface area contributed by atoms with Gasteiger partial charge in [-0.1, -0.05) is 27.7 Å². The zero-order valence-corrected chi connectivity index (χ0v) is 8.39. The van der Waals surface area contributed by atoms with Crippen molar-refractivity contribution in [3.8, 4) is 0 Å². The molecule has 68 valence electrons. The third-order valence-electron chi connectivity index (χ3n) is 3.11. The van der Waals surface area contributed by atoms with Gasteiger partial charge in [0.1, 0.15) is 0 Å². The summed E-state index contributed by atoms with van der Waals surface area (Å²) < 4.78 is 5.01. The van der Waals surface area contributed by atoms with Crippen LogP contribution in [0.4, 0.5) is 0 Å². The van der Waals surface area contributed by atoms with Crippen LogP contribution < -0.4 is 0 Å². The standard InChI is InChI=1S/C10H16O2/c1-9(2)6-7(12-5)8(11)10(9,3)4/h6H,1-5H3. The number of carbonyl (C=O) groups is 1. The van der Waals surface area contributed by atoms with E-state index in [1.165, 1.54) is 0 Å². The highest BCUT2D eigenvalue weighted by Crippen LogP contribution is 2.47. The van der Waals surface area contributed by atoms with E-state index in [0.29, 0.717) is 5.76 Å². The van der Waals surface area contributed by atoms with Gasteiger partial charge in [-0.15, -0.1) is 0 Å². The van der Waals surface area contributed by atoms with E-state index in [0.717, 1.165) is 0 Å². The topological polar surface area (TPSA) is 26.3 Å². The average molecular weight is 168 g/mol. The second-order valence-corrected chi connectivity index (χ2v) is 4.39. The maximum Gasteiger partial charge on any atom is 0.203 e. The molecule has 0 saturated heterocycles. The molecule has 0 heterocycles. The molecule has 0 atom stereocenters. The molecule has 0 radical (unpaired) electrons. The summed E-state index contributed by atoms with van der Waals surface area (Å²) in [4.78, 5) is 11.7. The van der Waals surface area contributed by atoms with Gasteiger partial charge in [-0.25, -0.2) is 0 Å². The predicted molar refractivity (Wildman–Crippen MR) is 47.7 cm³/mol. The Morgan fingerprint density at radius 1 is 1.25 bits per heavy atom. The van der Waals surface area contributed by atoms with Crippen LogP contribution in [0.25, 0.3) is 0 Å². The highest BCUT2D eigenvalue weighted by molar-refractivity contribution is 6.01. The van der Waals surface area contributed by atoms with Gasteiger partial charge in [0.2, 0.25) is 5.78 Å². The van der Waals surface area contributed by atoms with Crippen molar-refractivity contribution >= 4 is 5.78 Å². The Kier molecular flexibility index (Phi) is 1.82. The number of hydrogen-bond donors (Lipinski definition) is 0. The van der Waals surface area contributed by atoms with Gasteiger partial charge in [-0.05, 0) is 11.5 Å². The lowest BCUT2D eigenvalue weighted by molar-refractivity contribution is -0.127. The Balaban J connectivity index is 3.11. The van der Waals surface area contributed by atoms with Crippen molar-refractivity contribution in [1.29, 1.82) is 0 Å². The molecule has 0 aromatic carbocycles. The van der Waals surface area contributed by atoms with E-state index in [1.54, 1.807) is 7.11 Å². The molecule has 1 rings (SSSR count). The molecule has 1 aliphatic rings.